The van der Waals surface area contributed by atoms with Crippen molar-refractivity contribution >= 4 is 0 Å². The van der Waals surface area contributed by atoms with Crippen molar-refractivity contribution in [2.75, 3.05) is 0 Å². The molecule has 0 spiro atoms. The van der Waals surface area contributed by atoms with E-state index in [0.29, 0.717) is 0 Å². The van der Waals surface area contributed by atoms with E-state index in [0.717, 1.165) is 6.42 Å². The zero-order valence-electron chi connectivity index (χ0n) is 13.8. The Kier molecular flexibility index (Phi) is 157. The molecule has 0 atom stereocenters. The van der Waals surface area contributed by atoms with E-state index in [4.69, 9.17) is 0 Å². The lowest BCUT2D eigenvalue weighted by Crippen LogP contribution is -1.66. The van der Waals surface area contributed by atoms with Crippen LogP contribution in [0.1, 0.15) is 94.4 Å². The van der Waals surface area contributed by atoms with Crippen LogP contribution in [0.5, 0.6) is 0 Å². The van der Waals surface area contributed by atoms with Crippen LogP contribution in [0.25, 0.3) is 0 Å². The first-order valence-electron chi connectivity index (χ1n) is 7.44. The average Bonchev–Trinajstić information content (AvgIpc) is 2.43. The minimum absolute atomic E-state index is 1.08. The molecule has 0 aliphatic heterocycles. The maximum absolute atomic E-state index is 3.48. The summed E-state index contributed by atoms with van der Waals surface area (Å²) in [6.07, 6.45) is 8.49. The summed E-state index contributed by atoms with van der Waals surface area (Å²) < 4.78 is 0. The molecule has 0 fully saturated rings. The van der Waals surface area contributed by atoms with Crippen LogP contribution in [0.3, 0.4) is 0 Å². The van der Waals surface area contributed by atoms with Crippen molar-refractivity contribution in [3.63, 3.8) is 0 Å². The molecule has 0 nitrogen and oxygen atoms in total. The van der Waals surface area contributed by atoms with Crippen molar-refractivity contribution in [2.45, 2.75) is 94.4 Å². The third-order valence-corrected chi connectivity index (χ3v) is 1.25. The largest absolute Gasteiger partial charge is 0.103 e. The van der Waals surface area contributed by atoms with Crippen molar-refractivity contribution in [1.29, 1.82) is 0 Å². The maximum atomic E-state index is 3.48. The van der Waals surface area contributed by atoms with E-state index in [2.05, 4.69) is 27.4 Å². The molecule has 0 heterocycles. The Balaban J connectivity index is -0.0000000354. The Hall–Kier alpha value is -0.260. The second-order valence-corrected chi connectivity index (χ2v) is 2.40. The minimum Gasteiger partial charge on any atom is -0.103 e. The first-order chi connectivity index (χ1) is 7.83. The lowest BCUT2D eigenvalue weighted by Gasteiger charge is -1.86. The maximum Gasteiger partial charge on any atom is -0.0382 e. The molecule has 0 saturated heterocycles. The molecule has 0 unspecified atom stereocenters. The highest BCUT2D eigenvalue weighted by Gasteiger charge is 1.75. The summed E-state index contributed by atoms with van der Waals surface area (Å²) in [5, 5.41) is 0. The van der Waals surface area contributed by atoms with Gasteiger partial charge in [0.25, 0.3) is 0 Å². The SMILES string of the molecule is C=CCC.CC.CC.CC.CCCCCC. The normalized spacial score (nSPS) is 6.06. The van der Waals surface area contributed by atoms with Crippen LogP contribution in [-0.2, 0) is 0 Å². The van der Waals surface area contributed by atoms with Gasteiger partial charge in [-0.25, -0.2) is 0 Å². The fourth-order valence-corrected chi connectivity index (χ4v) is 0.500. The molecular formula is C16H40. The van der Waals surface area contributed by atoms with Gasteiger partial charge in [0.05, 0.1) is 0 Å². The summed E-state index contributed by atoms with van der Waals surface area (Å²) in [7, 11) is 0. The molecule has 0 amide bonds. The molecule has 0 aliphatic rings. The molecule has 0 rings (SSSR count). The van der Waals surface area contributed by atoms with E-state index in [1.807, 2.05) is 47.6 Å². The van der Waals surface area contributed by atoms with E-state index in [1.165, 1.54) is 25.7 Å². The Morgan fingerprint density at radius 3 is 0.938 bits per heavy atom. The van der Waals surface area contributed by atoms with Crippen molar-refractivity contribution in [3.8, 4) is 0 Å². The van der Waals surface area contributed by atoms with E-state index < -0.39 is 0 Å². The van der Waals surface area contributed by atoms with Crippen LogP contribution < -0.4 is 0 Å². The number of hydrogen-bond acceptors (Lipinski definition) is 0. The Morgan fingerprint density at radius 2 is 0.875 bits per heavy atom. The van der Waals surface area contributed by atoms with E-state index >= 15 is 0 Å². The second kappa shape index (κ2) is 84.5. The summed E-state index contributed by atoms with van der Waals surface area (Å²) in [4.78, 5) is 0. The van der Waals surface area contributed by atoms with Crippen molar-refractivity contribution in [2.24, 2.45) is 0 Å². The molecular weight excluding hydrogens is 192 g/mol. The highest BCUT2D eigenvalue weighted by Crippen LogP contribution is 1.95. The summed E-state index contributed by atoms with van der Waals surface area (Å²) in [6, 6.07) is 0. The van der Waals surface area contributed by atoms with Gasteiger partial charge in [-0.1, -0.05) is 94.1 Å². The zero-order chi connectivity index (χ0) is 14.2. The van der Waals surface area contributed by atoms with Crippen molar-refractivity contribution < 1.29 is 0 Å². The van der Waals surface area contributed by atoms with Crippen LogP contribution in [0.15, 0.2) is 12.7 Å². The molecule has 0 heteroatoms. The number of hydrogen-bond donors (Lipinski definition) is 0. The lowest BCUT2D eigenvalue weighted by molar-refractivity contribution is 0.702. The molecule has 0 saturated carbocycles. The topological polar surface area (TPSA) is 0 Å². The Bertz CT molecular complexity index is 42.0. The molecule has 0 N–H and O–H groups in total. The fraction of sp³-hybridized carbons (Fsp3) is 0.875. The van der Waals surface area contributed by atoms with Crippen LogP contribution in [0, 0.1) is 0 Å². The van der Waals surface area contributed by atoms with Crippen LogP contribution >= 0.6 is 0 Å². The molecule has 0 radical (unpaired) electrons. The van der Waals surface area contributed by atoms with Gasteiger partial charge in [0.1, 0.15) is 0 Å². The number of rotatable bonds is 4. The van der Waals surface area contributed by atoms with Crippen molar-refractivity contribution in [3.05, 3.63) is 12.7 Å². The third kappa shape index (κ3) is 159. The van der Waals surface area contributed by atoms with Crippen molar-refractivity contribution in [1.82, 2.24) is 0 Å². The first kappa shape index (κ1) is 29.6. The summed E-state index contributed by atoms with van der Waals surface area (Å²) in [5.74, 6) is 0. The molecule has 0 aromatic heterocycles. The minimum atomic E-state index is 1.08. The van der Waals surface area contributed by atoms with Gasteiger partial charge >= 0.3 is 0 Å². The van der Waals surface area contributed by atoms with Gasteiger partial charge in [-0.2, -0.15) is 0 Å². The third-order valence-electron chi connectivity index (χ3n) is 1.25. The highest BCUT2D eigenvalue weighted by molar-refractivity contribution is 4.60. The number of unbranched alkanes of at least 4 members (excludes halogenated alkanes) is 3. The highest BCUT2D eigenvalue weighted by atomic mass is 13.8. The quantitative estimate of drug-likeness (QED) is 0.354. The van der Waals surface area contributed by atoms with Crippen LogP contribution in [-0.4, -0.2) is 0 Å². The summed E-state index contributed by atoms with van der Waals surface area (Å²) in [6.45, 7) is 22.0. The van der Waals surface area contributed by atoms with E-state index in [9.17, 15) is 0 Å². The van der Waals surface area contributed by atoms with Gasteiger partial charge in [-0.3, -0.25) is 0 Å². The second-order valence-electron chi connectivity index (χ2n) is 2.40. The fourth-order valence-electron chi connectivity index (χ4n) is 0.500. The van der Waals surface area contributed by atoms with E-state index in [-0.39, 0.29) is 0 Å². The van der Waals surface area contributed by atoms with Gasteiger partial charge in [-0.05, 0) is 6.42 Å². The van der Waals surface area contributed by atoms with Gasteiger partial charge in [0.2, 0.25) is 0 Å². The van der Waals surface area contributed by atoms with Crippen LogP contribution in [0.2, 0.25) is 0 Å². The molecule has 0 aromatic rings. The van der Waals surface area contributed by atoms with Gasteiger partial charge < -0.3 is 0 Å². The molecule has 104 valence electrons. The smallest absolute Gasteiger partial charge is 0.0382 e. The summed E-state index contributed by atoms with van der Waals surface area (Å²) >= 11 is 0. The molecule has 0 aliphatic carbocycles. The van der Waals surface area contributed by atoms with Gasteiger partial charge in [0.15, 0.2) is 0 Å². The zero-order valence-corrected chi connectivity index (χ0v) is 13.8. The molecule has 0 aromatic carbocycles. The molecule has 0 bridgehead atoms. The first-order valence-corrected chi connectivity index (χ1v) is 7.44. The predicted molar refractivity (Wildman–Crippen MR) is 84.3 cm³/mol. The van der Waals surface area contributed by atoms with E-state index in [1.54, 1.807) is 0 Å². The lowest BCUT2D eigenvalue weighted by atomic mass is 10.2. The monoisotopic (exact) mass is 232 g/mol. The summed E-state index contributed by atoms with van der Waals surface area (Å²) in [5.41, 5.74) is 0. The predicted octanol–water partition coefficient (Wildman–Crippen LogP) is 7.25. The van der Waals surface area contributed by atoms with Gasteiger partial charge in [0, 0.05) is 0 Å². The standard InChI is InChI=1S/C6H14.C4H8.3C2H6/c1-3-5-6-4-2;1-3-4-2;3*1-2/h3-6H2,1-2H3;3H,1,4H2,2H3;3*1-2H3. The molecule has 16 heavy (non-hydrogen) atoms. The number of allylic oxidation sites excluding steroid dienone is 1. The van der Waals surface area contributed by atoms with Crippen LogP contribution in [0.4, 0.5) is 0 Å². The van der Waals surface area contributed by atoms with Gasteiger partial charge in [-0.15, -0.1) is 6.58 Å². The Labute approximate surface area is 108 Å². The Morgan fingerprint density at radius 1 is 0.688 bits per heavy atom. The average molecular weight is 232 g/mol.